The van der Waals surface area contributed by atoms with E-state index in [2.05, 4.69) is 15.3 Å². The van der Waals surface area contributed by atoms with Gasteiger partial charge in [0.25, 0.3) is 5.91 Å². The summed E-state index contributed by atoms with van der Waals surface area (Å²) in [6.45, 7) is 8.10. The van der Waals surface area contributed by atoms with Crippen molar-refractivity contribution >= 4 is 21.9 Å². The van der Waals surface area contributed by atoms with Gasteiger partial charge in [-0.1, -0.05) is 17.7 Å². The zero-order valence-electron chi connectivity index (χ0n) is 17.8. The third kappa shape index (κ3) is 5.34. The number of carbonyl (C=O) groups excluding carboxylic acids is 1. The molecule has 3 rings (SSSR count). The molecule has 162 valence electrons. The minimum Gasteiger partial charge on any atom is -0.352 e. The topological polar surface area (TPSA) is 95.5 Å². The van der Waals surface area contributed by atoms with Gasteiger partial charge in [-0.2, -0.15) is 4.31 Å². The van der Waals surface area contributed by atoms with Crippen LogP contribution in [0.4, 0.5) is 5.95 Å². The van der Waals surface area contributed by atoms with Crippen molar-refractivity contribution in [2.75, 3.05) is 43.4 Å². The number of carbonyl (C=O) groups is 1. The molecule has 0 aliphatic carbocycles. The SMILES string of the molecule is Cc1cc(C)c(C(=O)NCCCS(=O)(=O)N2CCN(c3ncccn3)CC2)c(C)c1. The minimum atomic E-state index is -3.36. The highest BCUT2D eigenvalue weighted by atomic mass is 32.2. The maximum Gasteiger partial charge on any atom is 0.251 e. The number of nitrogens with zero attached hydrogens (tertiary/aromatic N) is 4. The van der Waals surface area contributed by atoms with E-state index in [1.165, 1.54) is 4.31 Å². The maximum absolute atomic E-state index is 12.7. The van der Waals surface area contributed by atoms with Crippen LogP contribution in [-0.2, 0) is 10.0 Å². The van der Waals surface area contributed by atoms with Gasteiger partial charge in [0.05, 0.1) is 5.75 Å². The molecular formula is C21H29N5O3S. The summed E-state index contributed by atoms with van der Waals surface area (Å²) in [7, 11) is -3.36. The Bertz CT molecular complexity index is 964. The van der Waals surface area contributed by atoms with E-state index >= 15 is 0 Å². The Kier molecular flexibility index (Phi) is 7.04. The molecule has 1 aliphatic rings. The Morgan fingerprint density at radius 3 is 2.23 bits per heavy atom. The van der Waals surface area contributed by atoms with E-state index in [4.69, 9.17) is 0 Å². The fourth-order valence-corrected chi connectivity index (χ4v) is 5.32. The number of hydrogen-bond donors (Lipinski definition) is 1. The average Bonchev–Trinajstić information content (AvgIpc) is 2.71. The number of nitrogens with one attached hydrogen (secondary N) is 1. The van der Waals surface area contributed by atoms with Crippen molar-refractivity contribution in [1.29, 1.82) is 0 Å². The van der Waals surface area contributed by atoms with Crippen LogP contribution in [0.3, 0.4) is 0 Å². The minimum absolute atomic E-state index is 0.0149. The van der Waals surface area contributed by atoms with Crippen LogP contribution in [0.5, 0.6) is 0 Å². The van der Waals surface area contributed by atoms with Crippen LogP contribution >= 0.6 is 0 Å². The van der Waals surface area contributed by atoms with Gasteiger partial charge < -0.3 is 10.2 Å². The molecule has 1 aromatic heterocycles. The van der Waals surface area contributed by atoms with Gasteiger partial charge in [0.1, 0.15) is 0 Å². The molecule has 1 aromatic carbocycles. The van der Waals surface area contributed by atoms with Gasteiger partial charge in [0.2, 0.25) is 16.0 Å². The first kappa shape index (κ1) is 22.2. The van der Waals surface area contributed by atoms with Gasteiger partial charge in [-0.25, -0.2) is 18.4 Å². The predicted octanol–water partition coefficient (Wildman–Crippen LogP) is 1.67. The van der Waals surface area contributed by atoms with Crippen LogP contribution in [0.15, 0.2) is 30.6 Å². The highest BCUT2D eigenvalue weighted by molar-refractivity contribution is 7.89. The molecule has 0 saturated carbocycles. The summed E-state index contributed by atoms with van der Waals surface area (Å²) in [5.41, 5.74) is 3.64. The second kappa shape index (κ2) is 9.53. The molecule has 0 spiro atoms. The van der Waals surface area contributed by atoms with Gasteiger partial charge in [0, 0.05) is 50.7 Å². The normalized spacial score (nSPS) is 15.2. The van der Waals surface area contributed by atoms with Crippen LogP contribution in [0.25, 0.3) is 0 Å². The van der Waals surface area contributed by atoms with Crippen molar-refractivity contribution < 1.29 is 13.2 Å². The van der Waals surface area contributed by atoms with E-state index < -0.39 is 10.0 Å². The van der Waals surface area contributed by atoms with E-state index in [0.29, 0.717) is 50.7 Å². The quantitative estimate of drug-likeness (QED) is 0.670. The number of sulfonamides is 1. The van der Waals surface area contributed by atoms with Crippen molar-refractivity contribution in [2.24, 2.45) is 0 Å². The molecule has 1 saturated heterocycles. The summed E-state index contributed by atoms with van der Waals surface area (Å²) < 4.78 is 26.8. The summed E-state index contributed by atoms with van der Waals surface area (Å²) in [5, 5.41) is 2.86. The van der Waals surface area contributed by atoms with Crippen molar-refractivity contribution in [1.82, 2.24) is 19.6 Å². The van der Waals surface area contributed by atoms with Gasteiger partial charge in [0.15, 0.2) is 0 Å². The largest absolute Gasteiger partial charge is 0.352 e. The Balaban J connectivity index is 1.46. The van der Waals surface area contributed by atoms with E-state index in [1.54, 1.807) is 18.5 Å². The Labute approximate surface area is 178 Å². The highest BCUT2D eigenvalue weighted by Gasteiger charge is 2.27. The van der Waals surface area contributed by atoms with E-state index in [0.717, 1.165) is 16.7 Å². The predicted molar refractivity (Wildman–Crippen MR) is 117 cm³/mol. The first-order valence-corrected chi connectivity index (χ1v) is 11.7. The number of benzene rings is 1. The number of hydrogen-bond acceptors (Lipinski definition) is 6. The number of aryl methyl sites for hydroxylation is 3. The lowest BCUT2D eigenvalue weighted by Crippen LogP contribution is -2.49. The summed E-state index contributed by atoms with van der Waals surface area (Å²) in [6, 6.07) is 5.71. The smallest absolute Gasteiger partial charge is 0.251 e. The molecule has 8 nitrogen and oxygen atoms in total. The van der Waals surface area contributed by atoms with Crippen molar-refractivity contribution in [3.63, 3.8) is 0 Å². The molecule has 0 bridgehead atoms. The van der Waals surface area contributed by atoms with Crippen LogP contribution < -0.4 is 10.2 Å². The molecule has 0 atom stereocenters. The molecule has 1 N–H and O–H groups in total. The fraction of sp³-hybridized carbons (Fsp3) is 0.476. The number of rotatable bonds is 7. The van der Waals surface area contributed by atoms with Gasteiger partial charge >= 0.3 is 0 Å². The summed E-state index contributed by atoms with van der Waals surface area (Å²) in [6.07, 6.45) is 3.73. The lowest BCUT2D eigenvalue weighted by Gasteiger charge is -2.33. The van der Waals surface area contributed by atoms with Crippen molar-refractivity contribution in [3.05, 3.63) is 52.8 Å². The standard InChI is InChI=1S/C21H29N5O3S/c1-16-14-17(2)19(18(3)15-16)20(27)22-8-5-13-30(28,29)26-11-9-25(10-12-26)21-23-6-4-7-24-21/h4,6-7,14-15H,5,8-13H2,1-3H3,(H,22,27). The Hall–Kier alpha value is -2.52. The molecule has 0 radical (unpaired) electrons. The van der Waals surface area contributed by atoms with Gasteiger partial charge in [-0.15, -0.1) is 0 Å². The molecule has 2 heterocycles. The molecule has 2 aromatic rings. The van der Waals surface area contributed by atoms with Crippen molar-refractivity contribution in [3.8, 4) is 0 Å². The average molecular weight is 432 g/mol. The number of aromatic nitrogens is 2. The first-order chi connectivity index (χ1) is 14.3. The zero-order chi connectivity index (χ0) is 21.7. The Morgan fingerprint density at radius 2 is 1.63 bits per heavy atom. The van der Waals surface area contributed by atoms with Crippen LogP contribution in [-0.4, -0.2) is 67.1 Å². The summed E-state index contributed by atoms with van der Waals surface area (Å²) >= 11 is 0. The highest BCUT2D eigenvalue weighted by Crippen LogP contribution is 2.16. The lowest BCUT2D eigenvalue weighted by atomic mass is 9.99. The molecule has 9 heteroatoms. The summed E-state index contributed by atoms with van der Waals surface area (Å²) in [5.74, 6) is 0.485. The van der Waals surface area contributed by atoms with E-state index in [9.17, 15) is 13.2 Å². The zero-order valence-corrected chi connectivity index (χ0v) is 18.6. The molecule has 0 unspecified atom stereocenters. The van der Waals surface area contributed by atoms with Crippen LogP contribution in [0, 0.1) is 20.8 Å². The molecule has 1 amide bonds. The summed E-state index contributed by atoms with van der Waals surface area (Å²) in [4.78, 5) is 22.9. The Morgan fingerprint density at radius 1 is 1.03 bits per heavy atom. The molecule has 1 aliphatic heterocycles. The van der Waals surface area contributed by atoms with Gasteiger partial charge in [-0.3, -0.25) is 4.79 Å². The third-order valence-corrected chi connectivity index (χ3v) is 7.19. The number of piperazine rings is 1. The fourth-order valence-electron chi connectivity index (χ4n) is 3.83. The van der Waals surface area contributed by atoms with E-state index in [-0.39, 0.29) is 11.7 Å². The van der Waals surface area contributed by atoms with Crippen LogP contribution in [0.2, 0.25) is 0 Å². The lowest BCUT2D eigenvalue weighted by molar-refractivity contribution is 0.0952. The monoisotopic (exact) mass is 431 g/mol. The molecular weight excluding hydrogens is 402 g/mol. The van der Waals surface area contributed by atoms with E-state index in [1.807, 2.05) is 37.8 Å². The number of amides is 1. The second-order valence-corrected chi connectivity index (χ2v) is 9.72. The molecule has 30 heavy (non-hydrogen) atoms. The van der Waals surface area contributed by atoms with Crippen molar-refractivity contribution in [2.45, 2.75) is 27.2 Å². The molecule has 1 fully saturated rings. The van der Waals surface area contributed by atoms with Crippen LogP contribution in [0.1, 0.15) is 33.5 Å². The van der Waals surface area contributed by atoms with Gasteiger partial charge in [-0.05, 0) is 44.4 Å². The first-order valence-electron chi connectivity index (χ1n) is 10.1. The second-order valence-electron chi connectivity index (χ2n) is 7.63. The maximum atomic E-state index is 12.7. The number of anilines is 1. The third-order valence-electron chi connectivity index (χ3n) is 5.24.